The Hall–Kier alpha value is -2.60. The molecule has 2 aromatic rings. The van der Waals surface area contributed by atoms with Gasteiger partial charge in [0.2, 0.25) is 5.91 Å². The number of aromatic nitrogens is 1. The first-order valence-electron chi connectivity index (χ1n) is 12.0. The van der Waals surface area contributed by atoms with E-state index in [1.807, 2.05) is 35.4 Å². The van der Waals surface area contributed by atoms with Gasteiger partial charge in [-0.1, -0.05) is 6.07 Å². The number of pyridine rings is 1. The number of hydrogen-bond acceptors (Lipinski definition) is 5. The topological polar surface area (TPSA) is 60.9 Å². The molecular formula is C27H34N2O4. The predicted molar refractivity (Wildman–Crippen MR) is 125 cm³/mol. The molecule has 33 heavy (non-hydrogen) atoms. The third kappa shape index (κ3) is 4.33. The molecule has 176 valence electrons. The molecule has 1 aromatic heterocycles. The zero-order chi connectivity index (χ0) is 23.1. The summed E-state index contributed by atoms with van der Waals surface area (Å²) in [5.41, 5.74) is 2.01. The van der Waals surface area contributed by atoms with Crippen LogP contribution < -0.4 is 9.47 Å². The second-order valence-electron chi connectivity index (χ2n) is 10.4. The van der Waals surface area contributed by atoms with Gasteiger partial charge in [-0.15, -0.1) is 0 Å². The maximum Gasteiger partial charge on any atom is 0.222 e. The number of rotatable bonds is 4. The van der Waals surface area contributed by atoms with Crippen molar-refractivity contribution >= 4 is 5.91 Å². The van der Waals surface area contributed by atoms with Crippen molar-refractivity contribution in [3.63, 3.8) is 0 Å². The highest BCUT2D eigenvalue weighted by atomic mass is 16.5. The maximum absolute atomic E-state index is 12.8. The van der Waals surface area contributed by atoms with Gasteiger partial charge in [-0.05, 0) is 74.8 Å². The molecular weight excluding hydrogens is 416 g/mol. The highest BCUT2D eigenvalue weighted by molar-refractivity contribution is 5.76. The van der Waals surface area contributed by atoms with Crippen LogP contribution in [0.15, 0.2) is 42.7 Å². The molecule has 0 bridgehead atoms. The summed E-state index contributed by atoms with van der Waals surface area (Å²) in [4.78, 5) is 19.0. The standard InChI is InChI=1S/C27H34N2O4/c1-26(2)22-16-27(18-32-25(22)21-15-20(31-3)7-8-23(21)33-26)10-13-29(14-11-27)24(30)9-6-19-5-4-12-28-17-19/h4-5,7-8,12,15,17,22,25H,6,9-11,13-14,16,18H2,1-3H3/t22-,25+/m0/s1. The Morgan fingerprint density at radius 1 is 1.24 bits per heavy atom. The van der Waals surface area contributed by atoms with E-state index in [2.05, 4.69) is 24.9 Å². The monoisotopic (exact) mass is 450 g/mol. The number of aryl methyl sites for hydroxylation is 1. The Balaban J connectivity index is 1.24. The number of carbonyl (C=O) groups is 1. The average molecular weight is 451 g/mol. The largest absolute Gasteiger partial charge is 0.497 e. The van der Waals surface area contributed by atoms with Crippen LogP contribution in [-0.4, -0.2) is 48.2 Å². The smallest absolute Gasteiger partial charge is 0.222 e. The van der Waals surface area contributed by atoms with Gasteiger partial charge in [0.25, 0.3) is 0 Å². The van der Waals surface area contributed by atoms with E-state index in [1.165, 1.54) is 0 Å². The molecule has 2 saturated heterocycles. The van der Waals surface area contributed by atoms with Crippen molar-refractivity contribution < 1.29 is 19.0 Å². The van der Waals surface area contributed by atoms with Crippen molar-refractivity contribution in [2.24, 2.45) is 11.3 Å². The summed E-state index contributed by atoms with van der Waals surface area (Å²) >= 11 is 0. The number of ether oxygens (including phenoxy) is 3. The molecule has 0 aliphatic carbocycles. The first-order valence-corrected chi connectivity index (χ1v) is 12.0. The minimum Gasteiger partial charge on any atom is -0.497 e. The molecule has 6 nitrogen and oxygen atoms in total. The summed E-state index contributed by atoms with van der Waals surface area (Å²) in [6, 6.07) is 9.95. The zero-order valence-corrected chi connectivity index (χ0v) is 19.9. The van der Waals surface area contributed by atoms with Crippen molar-refractivity contribution in [2.75, 3.05) is 26.8 Å². The summed E-state index contributed by atoms with van der Waals surface area (Å²) in [5.74, 6) is 2.23. The van der Waals surface area contributed by atoms with E-state index in [-0.39, 0.29) is 28.9 Å². The Bertz CT molecular complexity index is 998. The molecule has 1 amide bonds. The fraction of sp³-hybridized carbons (Fsp3) is 0.556. The molecule has 3 aliphatic rings. The van der Waals surface area contributed by atoms with E-state index in [9.17, 15) is 4.79 Å². The fourth-order valence-electron chi connectivity index (χ4n) is 5.79. The van der Waals surface area contributed by atoms with E-state index in [4.69, 9.17) is 14.2 Å². The Labute approximate surface area is 196 Å². The summed E-state index contributed by atoms with van der Waals surface area (Å²) in [6.45, 7) is 6.70. The molecule has 0 N–H and O–H groups in total. The Morgan fingerprint density at radius 2 is 2.06 bits per heavy atom. The van der Waals surface area contributed by atoms with Gasteiger partial charge < -0.3 is 19.1 Å². The normalized spacial score (nSPS) is 25.0. The molecule has 6 heteroatoms. The van der Waals surface area contributed by atoms with Crippen LogP contribution in [0.25, 0.3) is 0 Å². The lowest BCUT2D eigenvalue weighted by molar-refractivity contribution is -0.176. The SMILES string of the molecule is COc1ccc2c(c1)[C@H]1OCC3(CCN(C(=O)CCc4cccnc4)CC3)C[C@@H]1C(C)(C)O2. The molecule has 3 aliphatic heterocycles. The number of likely N-dealkylation sites (tertiary alicyclic amines) is 1. The van der Waals surface area contributed by atoms with Gasteiger partial charge in [-0.25, -0.2) is 0 Å². The fourth-order valence-corrected chi connectivity index (χ4v) is 5.79. The van der Waals surface area contributed by atoms with Crippen LogP contribution in [0.1, 0.15) is 56.8 Å². The summed E-state index contributed by atoms with van der Waals surface area (Å²) in [6.07, 6.45) is 7.93. The average Bonchev–Trinajstić information content (AvgIpc) is 2.83. The highest BCUT2D eigenvalue weighted by Gasteiger charge is 2.53. The molecule has 0 saturated carbocycles. The molecule has 2 fully saturated rings. The number of carbonyl (C=O) groups excluding carboxylic acids is 1. The van der Waals surface area contributed by atoms with E-state index in [0.29, 0.717) is 6.42 Å². The third-order valence-corrected chi connectivity index (χ3v) is 7.90. The quantitative estimate of drug-likeness (QED) is 0.682. The third-order valence-electron chi connectivity index (χ3n) is 7.90. The minimum atomic E-state index is -0.309. The van der Waals surface area contributed by atoms with Crippen LogP contribution >= 0.6 is 0 Å². The van der Waals surface area contributed by atoms with E-state index in [1.54, 1.807) is 13.3 Å². The number of nitrogens with zero attached hydrogens (tertiary/aromatic N) is 2. The van der Waals surface area contributed by atoms with Gasteiger partial charge in [0.15, 0.2) is 0 Å². The predicted octanol–water partition coefficient (Wildman–Crippen LogP) is 4.58. The molecule has 0 unspecified atom stereocenters. The van der Waals surface area contributed by atoms with Gasteiger partial charge >= 0.3 is 0 Å². The summed E-state index contributed by atoms with van der Waals surface area (Å²) in [5, 5.41) is 0. The number of piperidine rings is 1. The molecule has 2 atom stereocenters. The lowest BCUT2D eigenvalue weighted by Crippen LogP contribution is -2.54. The van der Waals surface area contributed by atoms with Gasteiger partial charge in [0, 0.05) is 43.4 Å². The summed E-state index contributed by atoms with van der Waals surface area (Å²) < 4.78 is 18.5. The van der Waals surface area contributed by atoms with Crippen molar-refractivity contribution in [1.29, 1.82) is 0 Å². The number of amides is 1. The van der Waals surface area contributed by atoms with Gasteiger partial charge in [-0.3, -0.25) is 9.78 Å². The van der Waals surface area contributed by atoms with Crippen LogP contribution in [0.4, 0.5) is 0 Å². The number of methoxy groups -OCH3 is 1. The molecule has 1 spiro atoms. The zero-order valence-electron chi connectivity index (χ0n) is 19.9. The van der Waals surface area contributed by atoms with Gasteiger partial charge in [0.05, 0.1) is 19.8 Å². The number of hydrogen-bond donors (Lipinski definition) is 0. The van der Waals surface area contributed by atoms with Crippen LogP contribution in [0.5, 0.6) is 11.5 Å². The van der Waals surface area contributed by atoms with Gasteiger partial charge in [0.1, 0.15) is 17.1 Å². The summed E-state index contributed by atoms with van der Waals surface area (Å²) in [7, 11) is 1.69. The van der Waals surface area contributed by atoms with Crippen molar-refractivity contribution in [2.45, 2.75) is 57.7 Å². The second kappa shape index (κ2) is 8.64. The van der Waals surface area contributed by atoms with Crippen molar-refractivity contribution in [3.05, 3.63) is 53.9 Å². The highest BCUT2D eigenvalue weighted by Crippen LogP contribution is 2.55. The van der Waals surface area contributed by atoms with E-state index < -0.39 is 0 Å². The lowest BCUT2D eigenvalue weighted by atomic mass is 9.64. The lowest BCUT2D eigenvalue weighted by Gasteiger charge is -2.54. The second-order valence-corrected chi connectivity index (χ2v) is 10.4. The molecule has 4 heterocycles. The van der Waals surface area contributed by atoms with E-state index in [0.717, 1.165) is 68.0 Å². The van der Waals surface area contributed by atoms with Crippen molar-refractivity contribution in [3.8, 4) is 11.5 Å². The minimum absolute atomic E-state index is 0.0172. The van der Waals surface area contributed by atoms with Crippen LogP contribution in [0.2, 0.25) is 0 Å². The first kappa shape index (κ1) is 22.2. The first-order chi connectivity index (χ1) is 15.9. The Morgan fingerprint density at radius 3 is 2.79 bits per heavy atom. The maximum atomic E-state index is 12.8. The van der Waals surface area contributed by atoms with Crippen LogP contribution in [0, 0.1) is 11.3 Å². The van der Waals surface area contributed by atoms with Gasteiger partial charge in [-0.2, -0.15) is 0 Å². The van der Waals surface area contributed by atoms with Crippen LogP contribution in [0.3, 0.4) is 0 Å². The van der Waals surface area contributed by atoms with Crippen molar-refractivity contribution in [1.82, 2.24) is 9.88 Å². The molecule has 0 radical (unpaired) electrons. The molecule has 5 rings (SSSR count). The number of benzene rings is 1. The number of fused-ring (bicyclic) bond motifs is 3. The van der Waals surface area contributed by atoms with E-state index >= 15 is 0 Å². The van der Waals surface area contributed by atoms with Crippen LogP contribution in [-0.2, 0) is 16.0 Å². The Kier molecular flexibility index (Phi) is 5.81. The molecule has 1 aromatic carbocycles.